The molecule has 5 atom stereocenters. The number of carboxylic acids is 2. The van der Waals surface area contributed by atoms with Crippen LogP contribution in [0.15, 0.2) is 0 Å². The second-order valence-electron chi connectivity index (χ2n) is 8.62. The van der Waals surface area contributed by atoms with E-state index >= 15 is 0 Å². The summed E-state index contributed by atoms with van der Waals surface area (Å²) in [7, 11) is 0. The minimum absolute atomic E-state index is 0.0251. The van der Waals surface area contributed by atoms with E-state index in [0.717, 1.165) is 6.42 Å². The molecule has 0 aliphatic carbocycles. The van der Waals surface area contributed by atoms with Crippen LogP contribution < -0.4 is 11.1 Å². The lowest BCUT2D eigenvalue weighted by atomic mass is 9.98. The molecule has 11 heteroatoms. The molecule has 2 aliphatic heterocycles. The van der Waals surface area contributed by atoms with Crippen molar-refractivity contribution < 1.29 is 34.2 Å². The van der Waals surface area contributed by atoms with Crippen molar-refractivity contribution in [3.63, 3.8) is 0 Å². The fraction of sp³-hybridized carbons (Fsp3) is 0.762. The van der Waals surface area contributed by atoms with Gasteiger partial charge in [-0.3, -0.25) is 19.2 Å². The third-order valence-corrected chi connectivity index (χ3v) is 6.46. The molecule has 5 N–H and O–H groups in total. The van der Waals surface area contributed by atoms with Crippen molar-refractivity contribution in [3.05, 3.63) is 0 Å². The molecule has 5 unspecified atom stereocenters. The Balaban J connectivity index is 2.08. The topological polar surface area (TPSA) is 170 Å². The Bertz CT molecular complexity index is 744. The minimum Gasteiger partial charge on any atom is -0.481 e. The summed E-state index contributed by atoms with van der Waals surface area (Å²) < 4.78 is 0. The van der Waals surface area contributed by atoms with E-state index in [1.54, 1.807) is 0 Å². The Kier molecular flexibility index (Phi) is 8.99. The molecule has 0 spiro atoms. The molecule has 180 valence electrons. The lowest BCUT2D eigenvalue weighted by molar-refractivity contribution is -0.148. The van der Waals surface area contributed by atoms with Crippen LogP contribution in [-0.4, -0.2) is 86.9 Å². The standard InChI is InChI=1S/C21H34N4O7/c1-3-12(2)17(22)20(30)25-11-5-7-15(25)19(29)24-10-4-6-14(24)18(28)23-13(21(31)32)8-9-16(26)27/h12-15,17H,3-11,22H2,1-2H3,(H,23,28)(H,26,27)(H,31,32). The molecule has 0 aromatic rings. The van der Waals surface area contributed by atoms with E-state index in [9.17, 15) is 29.1 Å². The largest absolute Gasteiger partial charge is 0.481 e. The normalized spacial score (nSPS) is 23.5. The van der Waals surface area contributed by atoms with Crippen LogP contribution in [0.5, 0.6) is 0 Å². The Morgan fingerprint density at radius 1 is 1.03 bits per heavy atom. The van der Waals surface area contributed by atoms with Crippen molar-refractivity contribution in [3.8, 4) is 0 Å². The SMILES string of the molecule is CCC(C)C(N)C(=O)N1CCCC1C(=O)N1CCCC1C(=O)NC(CCC(=O)O)C(=O)O. The molecular weight excluding hydrogens is 420 g/mol. The van der Waals surface area contributed by atoms with Gasteiger partial charge in [0.15, 0.2) is 0 Å². The number of amides is 3. The monoisotopic (exact) mass is 454 g/mol. The highest BCUT2D eigenvalue weighted by atomic mass is 16.4. The maximum atomic E-state index is 13.3. The number of carbonyl (C=O) groups is 5. The Morgan fingerprint density at radius 2 is 1.62 bits per heavy atom. The van der Waals surface area contributed by atoms with Gasteiger partial charge in [-0.25, -0.2) is 4.79 Å². The van der Waals surface area contributed by atoms with Gasteiger partial charge in [0.05, 0.1) is 6.04 Å². The number of likely N-dealkylation sites (tertiary alicyclic amines) is 2. The van der Waals surface area contributed by atoms with Gasteiger partial charge in [0.1, 0.15) is 18.1 Å². The van der Waals surface area contributed by atoms with Crippen LogP contribution in [-0.2, 0) is 24.0 Å². The Labute approximate surface area is 187 Å². The zero-order chi connectivity index (χ0) is 24.0. The van der Waals surface area contributed by atoms with Crippen molar-refractivity contribution in [2.45, 2.75) is 83.0 Å². The van der Waals surface area contributed by atoms with E-state index in [-0.39, 0.29) is 24.2 Å². The maximum Gasteiger partial charge on any atom is 0.326 e. The van der Waals surface area contributed by atoms with Crippen LogP contribution in [0.3, 0.4) is 0 Å². The fourth-order valence-electron chi connectivity index (χ4n) is 4.26. The molecule has 2 heterocycles. The number of carboxylic acid groups (broad SMARTS) is 2. The van der Waals surface area contributed by atoms with Gasteiger partial charge in [-0.15, -0.1) is 0 Å². The van der Waals surface area contributed by atoms with Gasteiger partial charge in [0.25, 0.3) is 0 Å². The third kappa shape index (κ3) is 5.96. The van der Waals surface area contributed by atoms with Crippen molar-refractivity contribution in [1.29, 1.82) is 0 Å². The first-order chi connectivity index (χ1) is 15.1. The first-order valence-corrected chi connectivity index (χ1v) is 11.2. The Hall–Kier alpha value is -2.69. The molecule has 11 nitrogen and oxygen atoms in total. The zero-order valence-corrected chi connectivity index (χ0v) is 18.7. The van der Waals surface area contributed by atoms with Crippen LogP contribution in [0.1, 0.15) is 58.8 Å². The van der Waals surface area contributed by atoms with Crippen LogP contribution in [0.25, 0.3) is 0 Å². The summed E-state index contributed by atoms with van der Waals surface area (Å²) in [5.41, 5.74) is 6.10. The Morgan fingerprint density at radius 3 is 2.19 bits per heavy atom. The van der Waals surface area contributed by atoms with Crippen LogP contribution in [0.2, 0.25) is 0 Å². The lowest BCUT2D eigenvalue weighted by Crippen LogP contribution is -2.56. The van der Waals surface area contributed by atoms with Crippen LogP contribution in [0.4, 0.5) is 0 Å². The van der Waals surface area contributed by atoms with Crippen LogP contribution >= 0.6 is 0 Å². The second kappa shape index (κ2) is 11.3. The predicted molar refractivity (Wildman–Crippen MR) is 113 cm³/mol. The van der Waals surface area contributed by atoms with Crippen molar-refractivity contribution in [1.82, 2.24) is 15.1 Å². The zero-order valence-electron chi connectivity index (χ0n) is 18.7. The number of hydrogen-bond acceptors (Lipinski definition) is 6. The molecule has 2 rings (SSSR count). The summed E-state index contributed by atoms with van der Waals surface area (Å²) in [4.78, 5) is 64.0. The molecule has 0 bridgehead atoms. The molecular formula is C21H34N4O7. The van der Waals surface area contributed by atoms with Crippen LogP contribution in [0, 0.1) is 5.92 Å². The van der Waals surface area contributed by atoms with Gasteiger partial charge in [0.2, 0.25) is 17.7 Å². The van der Waals surface area contributed by atoms with E-state index in [0.29, 0.717) is 38.8 Å². The molecule has 0 aromatic carbocycles. The lowest BCUT2D eigenvalue weighted by Gasteiger charge is -2.33. The predicted octanol–water partition coefficient (Wildman–Crippen LogP) is -0.224. The molecule has 0 aromatic heterocycles. The molecule has 2 fully saturated rings. The van der Waals surface area contributed by atoms with E-state index in [1.807, 2.05) is 13.8 Å². The molecule has 2 saturated heterocycles. The van der Waals surface area contributed by atoms with Gasteiger partial charge in [-0.2, -0.15) is 0 Å². The smallest absolute Gasteiger partial charge is 0.326 e. The number of nitrogens with one attached hydrogen (secondary N) is 1. The molecule has 3 amide bonds. The summed E-state index contributed by atoms with van der Waals surface area (Å²) in [5.74, 6) is -3.74. The van der Waals surface area contributed by atoms with Gasteiger partial charge in [-0.05, 0) is 38.0 Å². The highest BCUT2D eigenvalue weighted by Gasteiger charge is 2.43. The summed E-state index contributed by atoms with van der Waals surface area (Å²) in [6, 6.07) is -3.59. The highest BCUT2D eigenvalue weighted by molar-refractivity contribution is 5.95. The second-order valence-corrected chi connectivity index (χ2v) is 8.62. The number of nitrogens with zero attached hydrogens (tertiary/aromatic N) is 2. The quantitative estimate of drug-likeness (QED) is 0.351. The van der Waals surface area contributed by atoms with Crippen molar-refractivity contribution in [2.75, 3.05) is 13.1 Å². The summed E-state index contributed by atoms with van der Waals surface area (Å²) in [6.07, 6.45) is 2.17. The number of aliphatic carboxylic acids is 2. The summed E-state index contributed by atoms with van der Waals surface area (Å²) in [5, 5.41) is 20.4. The summed E-state index contributed by atoms with van der Waals surface area (Å²) in [6.45, 7) is 4.60. The molecule has 0 radical (unpaired) electrons. The maximum absolute atomic E-state index is 13.3. The van der Waals surface area contributed by atoms with E-state index < -0.39 is 48.4 Å². The van der Waals surface area contributed by atoms with Gasteiger partial charge < -0.3 is 31.1 Å². The first kappa shape index (κ1) is 25.6. The first-order valence-electron chi connectivity index (χ1n) is 11.2. The average molecular weight is 455 g/mol. The van der Waals surface area contributed by atoms with E-state index in [1.165, 1.54) is 9.80 Å². The van der Waals surface area contributed by atoms with Crippen molar-refractivity contribution in [2.24, 2.45) is 11.7 Å². The molecule has 2 aliphatic rings. The molecule has 32 heavy (non-hydrogen) atoms. The number of nitrogens with two attached hydrogens (primary N) is 1. The van der Waals surface area contributed by atoms with E-state index in [2.05, 4.69) is 5.32 Å². The fourth-order valence-corrected chi connectivity index (χ4v) is 4.26. The summed E-state index contributed by atoms with van der Waals surface area (Å²) >= 11 is 0. The van der Waals surface area contributed by atoms with Crippen molar-refractivity contribution >= 4 is 29.7 Å². The third-order valence-electron chi connectivity index (χ3n) is 6.46. The van der Waals surface area contributed by atoms with Gasteiger partial charge >= 0.3 is 11.9 Å². The average Bonchev–Trinajstić information content (AvgIpc) is 3.43. The molecule has 0 saturated carbocycles. The number of hydrogen-bond donors (Lipinski definition) is 4. The van der Waals surface area contributed by atoms with E-state index in [4.69, 9.17) is 10.8 Å². The minimum atomic E-state index is -1.35. The van der Waals surface area contributed by atoms with Gasteiger partial charge in [-0.1, -0.05) is 20.3 Å². The highest BCUT2D eigenvalue weighted by Crippen LogP contribution is 2.26. The number of rotatable bonds is 10. The number of carbonyl (C=O) groups excluding carboxylic acids is 3. The van der Waals surface area contributed by atoms with Gasteiger partial charge in [0, 0.05) is 19.5 Å².